The second-order valence-corrected chi connectivity index (χ2v) is 4.89. The first-order valence-electron chi connectivity index (χ1n) is 5.56. The molecule has 94 valence electrons. The van der Waals surface area contributed by atoms with Crippen molar-refractivity contribution >= 4 is 22.6 Å². The molecule has 1 aliphatic rings. The molecular formula is C11H17N3O2S. The number of nitrogens with zero attached hydrogens (tertiary/aromatic N) is 2. The summed E-state index contributed by atoms with van der Waals surface area (Å²) in [6.07, 6.45) is 0. The molecule has 0 saturated carbocycles. The third kappa shape index (κ3) is 3.42. The highest BCUT2D eigenvalue weighted by molar-refractivity contribution is 7.80. The maximum Gasteiger partial charge on any atom is 0.259 e. The molecule has 0 amide bonds. The Bertz CT molecular complexity index is 405. The van der Waals surface area contributed by atoms with Crippen LogP contribution in [0.1, 0.15) is 0 Å². The van der Waals surface area contributed by atoms with Crippen LogP contribution < -0.4 is 9.62 Å². The Morgan fingerprint density at radius 1 is 1.29 bits per heavy atom. The third-order valence-corrected chi connectivity index (χ3v) is 3.33. The number of rotatable bonds is 3. The van der Waals surface area contributed by atoms with Crippen LogP contribution in [0.2, 0.25) is 0 Å². The molecule has 2 rings (SSSR count). The Morgan fingerprint density at radius 2 is 2.00 bits per heavy atom. The van der Waals surface area contributed by atoms with Crippen LogP contribution in [-0.2, 0) is 11.3 Å². The van der Waals surface area contributed by atoms with Crippen molar-refractivity contribution in [2.24, 2.45) is 0 Å². The van der Waals surface area contributed by atoms with Crippen molar-refractivity contribution in [3.63, 3.8) is 0 Å². The summed E-state index contributed by atoms with van der Waals surface area (Å²) < 4.78 is 21.9. The average molecular weight is 255 g/mol. The van der Waals surface area contributed by atoms with Crippen molar-refractivity contribution in [2.75, 3.05) is 42.8 Å². The van der Waals surface area contributed by atoms with E-state index in [0.717, 1.165) is 31.9 Å². The van der Waals surface area contributed by atoms with Gasteiger partial charge in [0.2, 0.25) is 0 Å². The first kappa shape index (κ1) is 12.3. The minimum absolute atomic E-state index is 0.669. The summed E-state index contributed by atoms with van der Waals surface area (Å²) in [5, 5.41) is 0. The Hall–Kier alpha value is -1.11. The topological polar surface area (TPSA) is 55.8 Å². The summed E-state index contributed by atoms with van der Waals surface area (Å²) in [7, 11) is 2.12. The van der Waals surface area contributed by atoms with E-state index < -0.39 is 11.3 Å². The van der Waals surface area contributed by atoms with Crippen LogP contribution in [0.3, 0.4) is 0 Å². The van der Waals surface area contributed by atoms with Crippen LogP contribution in [-0.4, -0.2) is 46.9 Å². The number of benzene rings is 1. The van der Waals surface area contributed by atoms with Gasteiger partial charge in [-0.1, -0.05) is 6.07 Å². The second-order valence-electron chi connectivity index (χ2n) is 4.19. The zero-order chi connectivity index (χ0) is 12.3. The quantitative estimate of drug-likeness (QED) is 0.791. The summed E-state index contributed by atoms with van der Waals surface area (Å²) in [6, 6.07) is 7.60. The molecule has 2 N–H and O–H groups in total. The molecule has 17 heavy (non-hydrogen) atoms. The number of hydrogen-bond donors (Lipinski definition) is 2. The molecule has 6 heteroatoms. The van der Waals surface area contributed by atoms with Crippen LogP contribution in [0.5, 0.6) is 0 Å². The van der Waals surface area contributed by atoms with E-state index in [1.807, 2.05) is 18.2 Å². The van der Waals surface area contributed by atoms with Gasteiger partial charge in [0.25, 0.3) is 11.3 Å². The van der Waals surface area contributed by atoms with E-state index in [1.54, 1.807) is 6.07 Å². The molecule has 1 aromatic rings. The molecule has 5 nitrogen and oxygen atoms in total. The molecule has 1 heterocycles. The van der Waals surface area contributed by atoms with Crippen LogP contribution in [0, 0.1) is 0 Å². The molecular weight excluding hydrogens is 238 g/mol. The first-order valence-corrected chi connectivity index (χ1v) is 6.67. The van der Waals surface area contributed by atoms with Gasteiger partial charge in [0.15, 0.2) is 0 Å². The van der Waals surface area contributed by atoms with Gasteiger partial charge in [-0.2, -0.15) is 0 Å². The molecule has 1 aliphatic heterocycles. The lowest BCUT2D eigenvalue weighted by Gasteiger charge is -2.34. The fourth-order valence-corrected chi connectivity index (χ4v) is 2.26. The van der Waals surface area contributed by atoms with Crippen LogP contribution >= 0.6 is 0 Å². The Kier molecular flexibility index (Phi) is 3.98. The maximum atomic E-state index is 10.7. The number of piperazine rings is 1. The van der Waals surface area contributed by atoms with Crippen molar-refractivity contribution in [1.82, 2.24) is 4.90 Å². The lowest BCUT2D eigenvalue weighted by atomic mass is 10.2. The highest BCUT2D eigenvalue weighted by atomic mass is 32.2. The Morgan fingerprint density at radius 3 is 2.65 bits per heavy atom. The van der Waals surface area contributed by atoms with Gasteiger partial charge in [-0.25, -0.2) is 4.21 Å². The van der Waals surface area contributed by atoms with Crippen LogP contribution in [0.25, 0.3) is 0 Å². The molecule has 0 spiro atoms. The number of likely N-dealkylation sites (N-methyl/N-ethyl adjacent to an activating group) is 1. The number of nitrogens with one attached hydrogen (secondary N) is 1. The summed E-state index contributed by atoms with van der Waals surface area (Å²) in [5.74, 6) is 0. The predicted octanol–water partition coefficient (Wildman–Crippen LogP) is 0.987. The van der Waals surface area contributed by atoms with Gasteiger partial charge in [0.1, 0.15) is 0 Å². The minimum Gasteiger partial charge on any atom is -0.369 e. The highest BCUT2D eigenvalue weighted by Gasteiger charge is 2.14. The minimum atomic E-state index is -2.01. The molecule has 1 saturated heterocycles. The third-order valence-electron chi connectivity index (χ3n) is 2.92. The standard InChI is InChI=1S/C11H17N3O2S/c1-13-5-7-14(8-6-13)11-4-2-3-10(9-11)12-17(15)16/h2-4,9,12H,5-8H2,1H3,(H,15,16). The maximum absolute atomic E-state index is 10.7. The van der Waals surface area contributed by atoms with Crippen molar-refractivity contribution in [3.8, 4) is 0 Å². The molecule has 0 bridgehead atoms. The van der Waals surface area contributed by atoms with Crippen molar-refractivity contribution in [2.45, 2.75) is 0 Å². The van der Waals surface area contributed by atoms with Gasteiger partial charge in [-0.15, -0.1) is 0 Å². The van der Waals surface area contributed by atoms with Gasteiger partial charge >= 0.3 is 0 Å². The summed E-state index contributed by atoms with van der Waals surface area (Å²) in [4.78, 5) is 4.58. The SMILES string of the molecule is CN1CCN(c2cccc(NS(=O)O)c2)CC1. The lowest BCUT2D eigenvalue weighted by molar-refractivity contribution is 0.313. The highest BCUT2D eigenvalue weighted by Crippen LogP contribution is 2.20. The number of anilines is 2. The molecule has 0 aromatic heterocycles. The van der Waals surface area contributed by atoms with E-state index in [9.17, 15) is 4.21 Å². The molecule has 1 atom stereocenters. The predicted molar refractivity (Wildman–Crippen MR) is 70.5 cm³/mol. The Balaban J connectivity index is 2.07. The van der Waals surface area contributed by atoms with Gasteiger partial charge in [-0.05, 0) is 25.2 Å². The van der Waals surface area contributed by atoms with Crippen LogP contribution in [0.4, 0.5) is 11.4 Å². The summed E-state index contributed by atoms with van der Waals surface area (Å²) in [6.45, 7) is 4.07. The summed E-state index contributed by atoms with van der Waals surface area (Å²) >= 11 is -2.01. The van der Waals surface area contributed by atoms with E-state index in [4.69, 9.17) is 4.55 Å². The van der Waals surface area contributed by atoms with Crippen molar-refractivity contribution in [3.05, 3.63) is 24.3 Å². The fraction of sp³-hybridized carbons (Fsp3) is 0.455. The molecule has 0 radical (unpaired) electrons. The average Bonchev–Trinajstić information content (AvgIpc) is 2.29. The van der Waals surface area contributed by atoms with Crippen LogP contribution in [0.15, 0.2) is 24.3 Å². The second kappa shape index (κ2) is 5.48. The number of hydrogen-bond acceptors (Lipinski definition) is 3. The zero-order valence-corrected chi connectivity index (χ0v) is 10.6. The normalized spacial score (nSPS) is 19.1. The smallest absolute Gasteiger partial charge is 0.259 e. The van der Waals surface area contributed by atoms with Gasteiger partial charge in [0.05, 0.1) is 5.69 Å². The Labute approximate surface area is 104 Å². The van der Waals surface area contributed by atoms with E-state index in [-0.39, 0.29) is 0 Å². The van der Waals surface area contributed by atoms with Gasteiger partial charge < -0.3 is 9.80 Å². The molecule has 0 aliphatic carbocycles. The van der Waals surface area contributed by atoms with E-state index in [2.05, 4.69) is 21.6 Å². The van der Waals surface area contributed by atoms with E-state index >= 15 is 0 Å². The molecule has 1 unspecified atom stereocenters. The first-order chi connectivity index (χ1) is 8.15. The van der Waals surface area contributed by atoms with Crippen molar-refractivity contribution < 1.29 is 8.76 Å². The molecule has 1 aromatic carbocycles. The van der Waals surface area contributed by atoms with Gasteiger partial charge in [-0.3, -0.25) is 9.27 Å². The zero-order valence-electron chi connectivity index (χ0n) is 9.80. The van der Waals surface area contributed by atoms with E-state index in [0.29, 0.717) is 5.69 Å². The lowest BCUT2D eigenvalue weighted by Crippen LogP contribution is -2.44. The fourth-order valence-electron chi connectivity index (χ4n) is 1.93. The summed E-state index contributed by atoms with van der Waals surface area (Å²) in [5.41, 5.74) is 1.76. The monoisotopic (exact) mass is 255 g/mol. The van der Waals surface area contributed by atoms with Crippen molar-refractivity contribution in [1.29, 1.82) is 0 Å². The van der Waals surface area contributed by atoms with Gasteiger partial charge in [0, 0.05) is 31.9 Å². The molecule has 1 fully saturated rings. The largest absolute Gasteiger partial charge is 0.369 e. The van der Waals surface area contributed by atoms with E-state index in [1.165, 1.54) is 0 Å².